The maximum absolute atomic E-state index is 13.0. The molecule has 2 heterocycles. The quantitative estimate of drug-likeness (QED) is 0.834. The fraction of sp³-hybridized carbons (Fsp3) is 0.600. The number of nitrogens with zero attached hydrogens (tertiary/aromatic N) is 2. The van der Waals surface area contributed by atoms with Crippen LogP contribution in [-0.2, 0) is 0 Å². The Morgan fingerprint density at radius 2 is 1.52 bits per heavy atom. The highest BCUT2D eigenvalue weighted by Gasteiger charge is 2.47. The van der Waals surface area contributed by atoms with Crippen molar-refractivity contribution in [2.24, 2.45) is 0 Å². The van der Waals surface area contributed by atoms with Crippen LogP contribution in [0.5, 0.6) is 0 Å². The van der Waals surface area contributed by atoms with E-state index in [9.17, 15) is 14.7 Å². The first-order valence-corrected chi connectivity index (χ1v) is 9.43. The number of benzene rings is 1. The van der Waals surface area contributed by atoms with Gasteiger partial charge in [0.2, 0.25) is 0 Å². The van der Waals surface area contributed by atoms with Gasteiger partial charge in [-0.05, 0) is 44.7 Å². The molecule has 0 aliphatic carbocycles. The predicted molar refractivity (Wildman–Crippen MR) is 96.3 cm³/mol. The number of imide groups is 1. The van der Waals surface area contributed by atoms with Crippen molar-refractivity contribution >= 4 is 11.8 Å². The number of hydrogen-bond donors (Lipinski definition) is 1. The minimum Gasteiger partial charge on any atom is -0.390 e. The molecule has 4 atom stereocenters. The van der Waals surface area contributed by atoms with E-state index in [1.54, 1.807) is 31.2 Å². The third-order valence-electron chi connectivity index (χ3n) is 5.69. The lowest BCUT2D eigenvalue weighted by Gasteiger charge is -2.49. The van der Waals surface area contributed by atoms with E-state index in [1.807, 2.05) is 0 Å². The summed E-state index contributed by atoms with van der Waals surface area (Å²) in [5.74, 6) is -0.580. The molecule has 3 unspecified atom stereocenters. The first-order valence-electron chi connectivity index (χ1n) is 9.43. The monoisotopic (exact) mass is 344 g/mol. The summed E-state index contributed by atoms with van der Waals surface area (Å²) in [7, 11) is 0. The fourth-order valence-corrected chi connectivity index (χ4v) is 4.49. The molecule has 1 fully saturated rings. The van der Waals surface area contributed by atoms with Crippen molar-refractivity contribution in [3.8, 4) is 0 Å². The Hall–Kier alpha value is -1.72. The van der Waals surface area contributed by atoms with Gasteiger partial charge in [0.15, 0.2) is 0 Å². The zero-order valence-electron chi connectivity index (χ0n) is 15.3. The van der Waals surface area contributed by atoms with Gasteiger partial charge in [-0.15, -0.1) is 0 Å². The molecule has 2 aliphatic heterocycles. The summed E-state index contributed by atoms with van der Waals surface area (Å²) >= 11 is 0. The average Bonchev–Trinajstić information content (AvgIpc) is 2.87. The van der Waals surface area contributed by atoms with Crippen LogP contribution >= 0.6 is 0 Å². The first-order chi connectivity index (χ1) is 12.0. The summed E-state index contributed by atoms with van der Waals surface area (Å²) in [6.07, 6.45) is 3.72. The molecule has 3 rings (SSSR count). The molecule has 1 N–H and O–H groups in total. The Morgan fingerprint density at radius 3 is 1.92 bits per heavy atom. The van der Waals surface area contributed by atoms with E-state index in [0.717, 1.165) is 32.1 Å². The van der Waals surface area contributed by atoms with Crippen molar-refractivity contribution in [3.63, 3.8) is 0 Å². The van der Waals surface area contributed by atoms with Crippen LogP contribution in [0.15, 0.2) is 24.3 Å². The van der Waals surface area contributed by atoms with Crippen molar-refractivity contribution in [2.75, 3.05) is 0 Å². The standard InChI is InChI=1S/C20H28N2O3/c1-4-14-9-8-10-15(5-2)21(14)18(13(3)23)22-19(24)16-11-6-7-12-17(16)20(22)25/h6-7,11-15,18,23H,4-5,8-10H2,1-3H3/t13-,14?,15?,18?/m1/s1. The molecule has 0 bridgehead atoms. The molecular weight excluding hydrogens is 316 g/mol. The number of piperidine rings is 1. The number of amides is 2. The molecule has 1 aromatic carbocycles. The van der Waals surface area contributed by atoms with E-state index >= 15 is 0 Å². The van der Waals surface area contributed by atoms with E-state index < -0.39 is 12.3 Å². The highest BCUT2D eigenvalue weighted by atomic mass is 16.3. The number of carbonyl (C=O) groups excluding carboxylic acids is 2. The van der Waals surface area contributed by atoms with Gasteiger partial charge in [-0.2, -0.15) is 0 Å². The molecule has 0 saturated carbocycles. The van der Waals surface area contributed by atoms with E-state index in [0.29, 0.717) is 11.1 Å². The minimum absolute atomic E-state index is 0.280. The Balaban J connectivity index is 2.01. The number of aliphatic hydroxyl groups is 1. The molecule has 25 heavy (non-hydrogen) atoms. The maximum Gasteiger partial charge on any atom is 0.262 e. The van der Waals surface area contributed by atoms with E-state index in [4.69, 9.17) is 0 Å². The summed E-state index contributed by atoms with van der Waals surface area (Å²) in [6, 6.07) is 7.49. The van der Waals surface area contributed by atoms with Gasteiger partial charge in [-0.25, -0.2) is 0 Å². The summed E-state index contributed by atoms with van der Waals surface area (Å²) < 4.78 is 0. The molecule has 0 aromatic heterocycles. The molecule has 0 radical (unpaired) electrons. The van der Waals surface area contributed by atoms with Crippen LogP contribution in [0.3, 0.4) is 0 Å². The van der Waals surface area contributed by atoms with Crippen molar-refractivity contribution in [2.45, 2.75) is 77.2 Å². The molecular formula is C20H28N2O3. The Kier molecular flexibility index (Phi) is 5.25. The summed E-state index contributed by atoms with van der Waals surface area (Å²) in [5, 5.41) is 10.6. The molecule has 136 valence electrons. The van der Waals surface area contributed by atoms with Gasteiger partial charge in [0.25, 0.3) is 11.8 Å². The highest BCUT2D eigenvalue weighted by molar-refractivity contribution is 6.21. The van der Waals surface area contributed by atoms with Crippen LogP contribution in [0.1, 0.15) is 73.6 Å². The second-order valence-electron chi connectivity index (χ2n) is 7.18. The Morgan fingerprint density at radius 1 is 1.04 bits per heavy atom. The lowest BCUT2D eigenvalue weighted by atomic mass is 9.91. The van der Waals surface area contributed by atoms with E-state index in [2.05, 4.69) is 18.7 Å². The van der Waals surface area contributed by atoms with Crippen molar-refractivity contribution in [1.82, 2.24) is 9.80 Å². The fourth-order valence-electron chi connectivity index (χ4n) is 4.49. The number of aliphatic hydroxyl groups excluding tert-OH is 1. The molecule has 2 amide bonds. The minimum atomic E-state index is -0.802. The lowest BCUT2D eigenvalue weighted by molar-refractivity contribution is -0.0726. The topological polar surface area (TPSA) is 60.9 Å². The van der Waals surface area contributed by atoms with Gasteiger partial charge in [0.05, 0.1) is 17.2 Å². The Bertz CT molecular complexity index is 611. The normalized spacial score (nSPS) is 26.6. The Labute approximate surface area is 149 Å². The van der Waals surface area contributed by atoms with Crippen molar-refractivity contribution in [1.29, 1.82) is 0 Å². The van der Waals surface area contributed by atoms with Crippen LogP contribution in [0.4, 0.5) is 0 Å². The van der Waals surface area contributed by atoms with Crippen LogP contribution < -0.4 is 0 Å². The average molecular weight is 344 g/mol. The van der Waals surface area contributed by atoms with Crippen LogP contribution in [0.25, 0.3) is 0 Å². The van der Waals surface area contributed by atoms with E-state index in [1.165, 1.54) is 4.90 Å². The number of rotatable bonds is 5. The van der Waals surface area contributed by atoms with Gasteiger partial charge in [0.1, 0.15) is 6.17 Å². The van der Waals surface area contributed by atoms with Crippen LogP contribution in [-0.4, -0.2) is 51.1 Å². The predicted octanol–water partition coefficient (Wildman–Crippen LogP) is 3.03. The zero-order valence-corrected chi connectivity index (χ0v) is 15.3. The van der Waals surface area contributed by atoms with Gasteiger partial charge in [-0.1, -0.05) is 32.4 Å². The van der Waals surface area contributed by atoms with Gasteiger partial charge in [-0.3, -0.25) is 19.4 Å². The molecule has 5 heteroatoms. The van der Waals surface area contributed by atoms with Gasteiger partial charge in [0, 0.05) is 12.1 Å². The SMILES string of the molecule is CCC1CCCC(CC)N1C([C@@H](C)O)N1C(=O)c2ccccc2C1=O. The first kappa shape index (κ1) is 18.1. The number of carbonyl (C=O) groups is 2. The molecule has 2 aliphatic rings. The number of hydrogen-bond acceptors (Lipinski definition) is 4. The zero-order chi connectivity index (χ0) is 18.1. The summed E-state index contributed by atoms with van der Waals surface area (Å²) in [5.41, 5.74) is 0.882. The smallest absolute Gasteiger partial charge is 0.262 e. The van der Waals surface area contributed by atoms with Gasteiger partial charge < -0.3 is 5.11 Å². The van der Waals surface area contributed by atoms with Crippen LogP contribution in [0, 0.1) is 0 Å². The summed E-state index contributed by atoms with van der Waals surface area (Å²) in [4.78, 5) is 29.4. The summed E-state index contributed by atoms with van der Waals surface area (Å²) in [6.45, 7) is 5.95. The molecule has 5 nitrogen and oxygen atoms in total. The maximum atomic E-state index is 13.0. The van der Waals surface area contributed by atoms with Crippen molar-refractivity contribution in [3.05, 3.63) is 35.4 Å². The molecule has 1 aromatic rings. The molecule has 1 saturated heterocycles. The second-order valence-corrected chi connectivity index (χ2v) is 7.18. The second kappa shape index (κ2) is 7.26. The largest absolute Gasteiger partial charge is 0.390 e. The van der Waals surface area contributed by atoms with Crippen LogP contribution in [0.2, 0.25) is 0 Å². The highest BCUT2D eigenvalue weighted by Crippen LogP contribution is 2.34. The number of likely N-dealkylation sites (tertiary alicyclic amines) is 1. The third-order valence-corrected chi connectivity index (χ3v) is 5.69. The van der Waals surface area contributed by atoms with E-state index in [-0.39, 0.29) is 23.9 Å². The third kappa shape index (κ3) is 3.00. The number of fused-ring (bicyclic) bond motifs is 1. The van der Waals surface area contributed by atoms with Gasteiger partial charge >= 0.3 is 0 Å². The lowest BCUT2D eigenvalue weighted by Crippen LogP contribution is -2.63. The van der Waals surface area contributed by atoms with Crippen molar-refractivity contribution < 1.29 is 14.7 Å². The molecule has 0 spiro atoms.